The molecule has 0 aliphatic heterocycles. The van der Waals surface area contributed by atoms with Gasteiger partial charge in [0, 0.05) is 22.0 Å². The predicted octanol–water partition coefficient (Wildman–Crippen LogP) is 2.89. The van der Waals surface area contributed by atoms with Crippen molar-refractivity contribution in [2.24, 2.45) is 0 Å². The van der Waals surface area contributed by atoms with Crippen LogP contribution in [0.3, 0.4) is 0 Å². The Morgan fingerprint density at radius 2 is 2.08 bits per heavy atom. The van der Waals surface area contributed by atoms with Crippen molar-refractivity contribution in [2.75, 3.05) is 5.32 Å². The zero-order valence-corrected chi connectivity index (χ0v) is 7.36. The standard InChI is InChI=1S/C7H4BrF2NO/c8-7(12)11-6-2-1-4(9)3-5(6)10/h1-3H,(H,11,12). The lowest BCUT2D eigenvalue weighted by molar-refractivity contribution is 0.270. The van der Waals surface area contributed by atoms with Gasteiger partial charge in [-0.15, -0.1) is 0 Å². The highest BCUT2D eigenvalue weighted by Gasteiger charge is 2.04. The molecule has 1 N–H and O–H groups in total. The maximum atomic E-state index is 12.7. The number of rotatable bonds is 1. The molecule has 0 aliphatic rings. The number of carbonyl (C=O) groups is 1. The lowest BCUT2D eigenvalue weighted by atomic mass is 10.3. The molecular weight excluding hydrogens is 232 g/mol. The van der Waals surface area contributed by atoms with Gasteiger partial charge in [0.05, 0.1) is 5.69 Å². The average Bonchev–Trinajstić information content (AvgIpc) is 1.94. The maximum Gasteiger partial charge on any atom is 0.291 e. The minimum atomic E-state index is -0.803. The van der Waals surface area contributed by atoms with Crippen LogP contribution in [0.15, 0.2) is 18.2 Å². The van der Waals surface area contributed by atoms with Gasteiger partial charge in [-0.2, -0.15) is 0 Å². The van der Waals surface area contributed by atoms with Crippen LogP contribution in [0.4, 0.5) is 19.3 Å². The average molecular weight is 236 g/mol. The third-order valence-corrected chi connectivity index (χ3v) is 1.36. The predicted molar refractivity (Wildman–Crippen MR) is 44.3 cm³/mol. The summed E-state index contributed by atoms with van der Waals surface area (Å²) in [6, 6.07) is 2.89. The number of hydrogen-bond donors (Lipinski definition) is 1. The Labute approximate surface area is 75.7 Å². The fraction of sp³-hybridized carbons (Fsp3) is 0. The Bertz CT molecular complexity index is 316. The molecule has 0 bridgehead atoms. The van der Waals surface area contributed by atoms with E-state index in [0.29, 0.717) is 6.07 Å². The number of amides is 1. The van der Waals surface area contributed by atoms with Crippen molar-refractivity contribution in [2.45, 2.75) is 0 Å². The van der Waals surface area contributed by atoms with E-state index < -0.39 is 16.5 Å². The van der Waals surface area contributed by atoms with Gasteiger partial charge in [0.25, 0.3) is 4.82 Å². The van der Waals surface area contributed by atoms with E-state index in [1.54, 1.807) is 0 Å². The zero-order chi connectivity index (χ0) is 9.14. The molecule has 5 heteroatoms. The molecule has 1 amide bonds. The van der Waals surface area contributed by atoms with E-state index in [9.17, 15) is 13.6 Å². The first-order valence-electron chi connectivity index (χ1n) is 3.01. The molecule has 1 aromatic carbocycles. The van der Waals surface area contributed by atoms with Gasteiger partial charge in [0.1, 0.15) is 11.6 Å². The first-order valence-corrected chi connectivity index (χ1v) is 3.80. The van der Waals surface area contributed by atoms with Crippen LogP contribution in [0, 0.1) is 11.6 Å². The van der Waals surface area contributed by atoms with Crippen molar-refractivity contribution in [3.63, 3.8) is 0 Å². The highest BCUT2D eigenvalue weighted by molar-refractivity contribution is 9.18. The van der Waals surface area contributed by atoms with E-state index in [-0.39, 0.29) is 5.69 Å². The Kier molecular flexibility index (Phi) is 2.75. The van der Waals surface area contributed by atoms with Crippen molar-refractivity contribution in [1.82, 2.24) is 0 Å². The monoisotopic (exact) mass is 235 g/mol. The van der Waals surface area contributed by atoms with Crippen LogP contribution in [-0.2, 0) is 0 Å². The van der Waals surface area contributed by atoms with Crippen molar-refractivity contribution in [1.29, 1.82) is 0 Å². The fourth-order valence-electron chi connectivity index (χ4n) is 0.697. The molecule has 0 unspecified atom stereocenters. The third kappa shape index (κ3) is 2.27. The smallest absolute Gasteiger partial charge is 0.291 e. The van der Waals surface area contributed by atoms with Gasteiger partial charge in [-0.25, -0.2) is 8.78 Å². The largest absolute Gasteiger partial charge is 0.314 e. The highest BCUT2D eigenvalue weighted by atomic mass is 79.9. The summed E-state index contributed by atoms with van der Waals surface area (Å²) in [6.07, 6.45) is 0. The number of benzene rings is 1. The summed E-state index contributed by atoms with van der Waals surface area (Å²) in [6.45, 7) is 0. The lowest BCUT2D eigenvalue weighted by Crippen LogP contribution is -2.02. The summed E-state index contributed by atoms with van der Waals surface area (Å²) in [7, 11) is 0. The van der Waals surface area contributed by atoms with Gasteiger partial charge >= 0.3 is 0 Å². The molecule has 0 saturated heterocycles. The minimum Gasteiger partial charge on any atom is -0.314 e. The van der Waals surface area contributed by atoms with Crippen LogP contribution >= 0.6 is 15.9 Å². The number of halogens is 3. The lowest BCUT2D eigenvalue weighted by Gasteiger charge is -2.01. The summed E-state index contributed by atoms with van der Waals surface area (Å²) < 4.78 is 25.1. The van der Waals surface area contributed by atoms with Crippen molar-refractivity contribution < 1.29 is 13.6 Å². The molecular formula is C7H4BrF2NO. The molecule has 0 atom stereocenters. The van der Waals surface area contributed by atoms with E-state index >= 15 is 0 Å². The summed E-state index contributed by atoms with van der Waals surface area (Å²) >= 11 is 2.55. The van der Waals surface area contributed by atoms with Crippen molar-refractivity contribution in [3.8, 4) is 0 Å². The van der Waals surface area contributed by atoms with Gasteiger partial charge in [-0.1, -0.05) is 0 Å². The van der Waals surface area contributed by atoms with Crippen LogP contribution in [0.2, 0.25) is 0 Å². The Morgan fingerprint density at radius 3 is 2.58 bits per heavy atom. The van der Waals surface area contributed by atoms with E-state index in [1.165, 1.54) is 0 Å². The number of carbonyl (C=O) groups excluding carboxylic acids is 1. The Morgan fingerprint density at radius 1 is 1.42 bits per heavy atom. The van der Waals surface area contributed by atoms with Gasteiger partial charge in [0.15, 0.2) is 0 Å². The van der Waals surface area contributed by atoms with Crippen LogP contribution in [0.25, 0.3) is 0 Å². The Hall–Kier alpha value is -0.970. The van der Waals surface area contributed by atoms with E-state index in [4.69, 9.17) is 0 Å². The van der Waals surface area contributed by atoms with E-state index in [2.05, 4.69) is 21.2 Å². The van der Waals surface area contributed by atoms with Gasteiger partial charge in [-0.3, -0.25) is 4.79 Å². The van der Waals surface area contributed by atoms with E-state index in [0.717, 1.165) is 12.1 Å². The van der Waals surface area contributed by atoms with Crippen LogP contribution in [0.1, 0.15) is 0 Å². The second-order valence-corrected chi connectivity index (χ2v) is 2.74. The molecule has 0 spiro atoms. The topological polar surface area (TPSA) is 29.1 Å². The van der Waals surface area contributed by atoms with E-state index in [1.807, 2.05) is 0 Å². The summed E-state index contributed by atoms with van der Waals surface area (Å²) in [5.74, 6) is -1.48. The van der Waals surface area contributed by atoms with Gasteiger partial charge in [0.2, 0.25) is 0 Å². The van der Waals surface area contributed by atoms with Gasteiger partial charge in [-0.05, 0) is 12.1 Å². The van der Waals surface area contributed by atoms with Crippen LogP contribution in [-0.4, -0.2) is 4.82 Å². The number of nitrogens with one attached hydrogen (secondary N) is 1. The summed E-state index contributed by atoms with van der Waals surface area (Å²) in [5.41, 5.74) is -0.0572. The fourth-order valence-corrected chi connectivity index (χ4v) is 0.910. The molecule has 0 heterocycles. The first kappa shape index (κ1) is 9.12. The molecule has 2 nitrogen and oxygen atoms in total. The SMILES string of the molecule is O=C(Br)Nc1ccc(F)cc1F. The van der Waals surface area contributed by atoms with Gasteiger partial charge < -0.3 is 5.32 Å². The summed E-state index contributed by atoms with van der Waals surface area (Å²) in [5, 5.41) is 2.14. The quantitative estimate of drug-likeness (QED) is 0.589. The third-order valence-electron chi connectivity index (χ3n) is 1.16. The molecule has 0 aromatic heterocycles. The molecule has 0 radical (unpaired) electrons. The molecule has 1 aromatic rings. The van der Waals surface area contributed by atoms with Crippen LogP contribution in [0.5, 0.6) is 0 Å². The van der Waals surface area contributed by atoms with Crippen molar-refractivity contribution in [3.05, 3.63) is 29.8 Å². The second kappa shape index (κ2) is 3.62. The maximum absolute atomic E-state index is 12.7. The molecule has 0 fully saturated rings. The highest BCUT2D eigenvalue weighted by Crippen LogP contribution is 2.15. The molecule has 0 aliphatic carbocycles. The Balaban J connectivity index is 2.93. The molecule has 1 rings (SSSR count). The molecule has 0 saturated carbocycles. The second-order valence-electron chi connectivity index (χ2n) is 2.02. The number of hydrogen-bond acceptors (Lipinski definition) is 1. The zero-order valence-electron chi connectivity index (χ0n) is 5.77. The molecule has 12 heavy (non-hydrogen) atoms. The van der Waals surface area contributed by atoms with Crippen molar-refractivity contribution >= 4 is 26.4 Å². The summed E-state index contributed by atoms with van der Waals surface area (Å²) in [4.78, 5) is 9.82. The molecule has 64 valence electrons. The normalized spacial score (nSPS) is 9.58. The minimum absolute atomic E-state index is 0.0572. The first-order chi connectivity index (χ1) is 5.59. The number of anilines is 1. The van der Waals surface area contributed by atoms with Crippen LogP contribution < -0.4 is 5.32 Å².